The molecule has 0 fully saturated rings. The molecule has 0 saturated carbocycles. The average Bonchev–Trinajstić information content (AvgIpc) is 2.83. The molecule has 1 N–H and O–H groups in total. The second-order valence-electron chi connectivity index (χ2n) is 7.48. The lowest BCUT2D eigenvalue weighted by atomic mass is 10.1. The highest BCUT2D eigenvalue weighted by Gasteiger charge is 2.13. The second-order valence-corrected chi connectivity index (χ2v) is 9.46. The summed E-state index contributed by atoms with van der Waals surface area (Å²) in [6, 6.07) is 23.9. The average molecular weight is 605 g/mol. The standard InChI is InChI=1S/C27H23Cl2IN2O2/c1-2-33-26-14-18(15-31-32-16-22-23(28)11-6-12-24(22)29)13-25(30)27(26)34-17-20-9-5-8-19-7-3-4-10-21(19)20/h3-15,32H,2,16-17H2,1H3/b31-15+. The fourth-order valence-corrected chi connectivity index (χ4v) is 4.89. The molecule has 174 valence electrons. The highest BCUT2D eigenvalue weighted by Crippen LogP contribution is 2.35. The molecule has 7 heteroatoms. The fourth-order valence-electron chi connectivity index (χ4n) is 3.58. The topological polar surface area (TPSA) is 42.8 Å². The Bertz CT molecular complexity index is 1300. The van der Waals surface area contributed by atoms with Crippen molar-refractivity contribution in [2.45, 2.75) is 20.1 Å². The van der Waals surface area contributed by atoms with Gasteiger partial charge in [-0.15, -0.1) is 0 Å². The Balaban J connectivity index is 1.49. The monoisotopic (exact) mass is 604 g/mol. The Morgan fingerprint density at radius 3 is 2.47 bits per heavy atom. The summed E-state index contributed by atoms with van der Waals surface area (Å²) in [6.07, 6.45) is 1.74. The highest BCUT2D eigenvalue weighted by atomic mass is 127. The minimum Gasteiger partial charge on any atom is -0.490 e. The third kappa shape index (κ3) is 5.95. The van der Waals surface area contributed by atoms with Gasteiger partial charge in [-0.3, -0.25) is 0 Å². The van der Waals surface area contributed by atoms with Gasteiger partial charge in [-0.05, 0) is 75.7 Å². The Hall–Kier alpha value is -2.48. The first-order valence-corrected chi connectivity index (χ1v) is 12.6. The molecule has 4 rings (SSSR count). The number of benzene rings is 4. The number of nitrogens with zero attached hydrogens (tertiary/aromatic N) is 1. The summed E-state index contributed by atoms with van der Waals surface area (Å²) in [5.41, 5.74) is 5.84. The molecule has 0 bridgehead atoms. The Kier molecular flexibility index (Phi) is 8.53. The van der Waals surface area contributed by atoms with Crippen molar-refractivity contribution in [3.05, 3.63) is 103 Å². The lowest BCUT2D eigenvalue weighted by molar-refractivity contribution is 0.268. The normalized spacial score (nSPS) is 11.2. The van der Waals surface area contributed by atoms with E-state index in [1.807, 2.05) is 49.4 Å². The van der Waals surface area contributed by atoms with E-state index in [1.165, 1.54) is 10.8 Å². The van der Waals surface area contributed by atoms with E-state index in [4.69, 9.17) is 32.7 Å². The van der Waals surface area contributed by atoms with Crippen molar-refractivity contribution in [2.24, 2.45) is 5.10 Å². The number of hydrazone groups is 1. The third-order valence-electron chi connectivity index (χ3n) is 5.21. The summed E-state index contributed by atoms with van der Waals surface area (Å²) in [7, 11) is 0. The van der Waals surface area contributed by atoms with Gasteiger partial charge in [-0.25, -0.2) is 0 Å². The van der Waals surface area contributed by atoms with E-state index in [-0.39, 0.29) is 0 Å². The number of hydrogen-bond acceptors (Lipinski definition) is 4. The lowest BCUT2D eigenvalue weighted by Gasteiger charge is -2.15. The lowest BCUT2D eigenvalue weighted by Crippen LogP contribution is -2.07. The van der Waals surface area contributed by atoms with Crippen LogP contribution in [-0.2, 0) is 13.2 Å². The Morgan fingerprint density at radius 1 is 0.941 bits per heavy atom. The van der Waals surface area contributed by atoms with Gasteiger partial charge in [-0.1, -0.05) is 71.7 Å². The summed E-state index contributed by atoms with van der Waals surface area (Å²) in [4.78, 5) is 0. The number of rotatable bonds is 9. The van der Waals surface area contributed by atoms with E-state index >= 15 is 0 Å². The minimum atomic E-state index is 0.427. The van der Waals surface area contributed by atoms with Crippen molar-refractivity contribution >= 4 is 62.8 Å². The molecule has 0 aromatic heterocycles. The maximum absolute atomic E-state index is 6.26. The summed E-state index contributed by atoms with van der Waals surface area (Å²) >= 11 is 14.7. The van der Waals surface area contributed by atoms with E-state index in [0.29, 0.717) is 35.6 Å². The minimum absolute atomic E-state index is 0.427. The van der Waals surface area contributed by atoms with Gasteiger partial charge in [0.05, 0.1) is 22.9 Å². The predicted octanol–water partition coefficient (Wildman–Crippen LogP) is 7.85. The molecule has 0 unspecified atom stereocenters. The van der Waals surface area contributed by atoms with E-state index in [0.717, 1.165) is 26.0 Å². The first-order chi connectivity index (χ1) is 16.6. The molecule has 0 aliphatic heterocycles. The van der Waals surface area contributed by atoms with Gasteiger partial charge >= 0.3 is 0 Å². The van der Waals surface area contributed by atoms with E-state index in [9.17, 15) is 0 Å². The van der Waals surface area contributed by atoms with Crippen LogP contribution >= 0.6 is 45.8 Å². The molecule has 0 spiro atoms. The van der Waals surface area contributed by atoms with Crippen molar-refractivity contribution in [3.8, 4) is 11.5 Å². The highest BCUT2D eigenvalue weighted by molar-refractivity contribution is 14.1. The zero-order chi connectivity index (χ0) is 23.9. The number of halogens is 3. The van der Waals surface area contributed by atoms with E-state index < -0.39 is 0 Å². The van der Waals surface area contributed by atoms with Crippen LogP contribution in [0.15, 0.2) is 77.9 Å². The molecular formula is C27H23Cl2IN2O2. The third-order valence-corrected chi connectivity index (χ3v) is 6.72. The second kappa shape index (κ2) is 11.8. The van der Waals surface area contributed by atoms with Crippen LogP contribution in [0.25, 0.3) is 10.8 Å². The molecule has 0 radical (unpaired) electrons. The predicted molar refractivity (Wildman–Crippen MR) is 150 cm³/mol. The first kappa shape index (κ1) is 24.6. The Labute approximate surface area is 223 Å². The summed E-state index contributed by atoms with van der Waals surface area (Å²) in [5.74, 6) is 1.41. The summed E-state index contributed by atoms with van der Waals surface area (Å²) < 4.78 is 13.1. The van der Waals surface area contributed by atoms with Gasteiger partial charge in [0, 0.05) is 15.6 Å². The number of fused-ring (bicyclic) bond motifs is 1. The molecular weight excluding hydrogens is 582 g/mol. The van der Waals surface area contributed by atoms with Crippen LogP contribution in [-0.4, -0.2) is 12.8 Å². The van der Waals surface area contributed by atoms with E-state index in [1.54, 1.807) is 6.21 Å². The molecule has 0 atom stereocenters. The van der Waals surface area contributed by atoms with Crippen LogP contribution in [0.4, 0.5) is 0 Å². The number of ether oxygens (including phenoxy) is 2. The summed E-state index contributed by atoms with van der Waals surface area (Å²) in [6.45, 7) is 3.36. The van der Waals surface area contributed by atoms with Gasteiger partial charge < -0.3 is 14.9 Å². The van der Waals surface area contributed by atoms with Crippen LogP contribution in [0.1, 0.15) is 23.6 Å². The first-order valence-electron chi connectivity index (χ1n) is 10.8. The molecule has 0 aliphatic rings. The zero-order valence-electron chi connectivity index (χ0n) is 18.5. The van der Waals surface area contributed by atoms with Gasteiger partial charge in [0.25, 0.3) is 0 Å². The molecule has 4 aromatic carbocycles. The quantitative estimate of drug-likeness (QED) is 0.120. The van der Waals surface area contributed by atoms with Crippen LogP contribution in [0, 0.1) is 3.57 Å². The molecule has 0 saturated heterocycles. The molecule has 0 aliphatic carbocycles. The zero-order valence-corrected chi connectivity index (χ0v) is 22.2. The number of nitrogens with one attached hydrogen (secondary N) is 1. The van der Waals surface area contributed by atoms with Crippen LogP contribution in [0.3, 0.4) is 0 Å². The van der Waals surface area contributed by atoms with Gasteiger partial charge in [0.15, 0.2) is 11.5 Å². The van der Waals surface area contributed by atoms with Gasteiger partial charge in [-0.2, -0.15) is 5.10 Å². The number of hydrogen-bond donors (Lipinski definition) is 1. The Morgan fingerprint density at radius 2 is 1.68 bits per heavy atom. The summed E-state index contributed by atoms with van der Waals surface area (Å²) in [5, 5.41) is 7.92. The molecule has 34 heavy (non-hydrogen) atoms. The van der Waals surface area contributed by atoms with Crippen molar-refractivity contribution in [2.75, 3.05) is 6.61 Å². The fraction of sp³-hybridized carbons (Fsp3) is 0.148. The van der Waals surface area contributed by atoms with Crippen LogP contribution in [0.5, 0.6) is 11.5 Å². The van der Waals surface area contributed by atoms with Crippen molar-refractivity contribution in [1.29, 1.82) is 0 Å². The van der Waals surface area contributed by atoms with Crippen LogP contribution in [0.2, 0.25) is 10.0 Å². The molecule has 0 heterocycles. The molecule has 0 amide bonds. The smallest absolute Gasteiger partial charge is 0.175 e. The SMILES string of the molecule is CCOc1cc(/C=N/NCc2c(Cl)cccc2Cl)cc(I)c1OCc1cccc2ccccc12. The van der Waals surface area contributed by atoms with Gasteiger partial charge in [0.2, 0.25) is 0 Å². The van der Waals surface area contributed by atoms with E-state index in [2.05, 4.69) is 63.4 Å². The maximum atomic E-state index is 6.26. The van der Waals surface area contributed by atoms with Gasteiger partial charge in [0.1, 0.15) is 6.61 Å². The van der Waals surface area contributed by atoms with Crippen molar-refractivity contribution in [1.82, 2.24) is 5.43 Å². The van der Waals surface area contributed by atoms with Crippen molar-refractivity contribution in [3.63, 3.8) is 0 Å². The largest absolute Gasteiger partial charge is 0.490 e. The van der Waals surface area contributed by atoms with Crippen molar-refractivity contribution < 1.29 is 9.47 Å². The maximum Gasteiger partial charge on any atom is 0.175 e. The molecule has 4 nitrogen and oxygen atoms in total. The molecule has 4 aromatic rings. The van der Waals surface area contributed by atoms with Crippen LogP contribution < -0.4 is 14.9 Å².